The molecule has 2 aromatic carbocycles. The minimum absolute atomic E-state index is 0.0306. The first kappa shape index (κ1) is 19.7. The molecule has 0 fully saturated rings. The lowest BCUT2D eigenvalue weighted by Crippen LogP contribution is -2.21. The number of fused-ring (bicyclic) bond motifs is 1. The van der Waals surface area contributed by atoms with Crippen LogP contribution < -0.4 is 4.90 Å². The number of carbonyl (C=O) groups is 2. The molecule has 0 aliphatic heterocycles. The Morgan fingerprint density at radius 2 is 1.64 bits per heavy atom. The maximum Gasteiger partial charge on any atom is 0.197 e. The van der Waals surface area contributed by atoms with E-state index in [9.17, 15) is 9.59 Å². The SMILES string of the molecule is CCN(CC)c1ccc(/C=C/C=C2\C(=O)c3ccc(COO)cc3C2=O)cc1. The van der Waals surface area contributed by atoms with Gasteiger partial charge in [0.25, 0.3) is 0 Å². The maximum atomic E-state index is 12.6. The lowest BCUT2D eigenvalue weighted by atomic mass is 10.1. The van der Waals surface area contributed by atoms with Gasteiger partial charge in [0.1, 0.15) is 6.61 Å². The summed E-state index contributed by atoms with van der Waals surface area (Å²) in [5.74, 6) is -0.584. The first-order valence-electron chi connectivity index (χ1n) is 9.31. The van der Waals surface area contributed by atoms with Crippen molar-refractivity contribution in [3.8, 4) is 0 Å². The summed E-state index contributed by atoms with van der Waals surface area (Å²) in [4.78, 5) is 31.4. The zero-order valence-corrected chi connectivity index (χ0v) is 16.0. The molecule has 5 nitrogen and oxygen atoms in total. The zero-order chi connectivity index (χ0) is 20.1. The van der Waals surface area contributed by atoms with Crippen LogP contribution in [0.15, 0.2) is 60.2 Å². The average Bonchev–Trinajstić information content (AvgIpc) is 2.95. The van der Waals surface area contributed by atoms with Crippen molar-refractivity contribution in [2.75, 3.05) is 18.0 Å². The zero-order valence-electron chi connectivity index (χ0n) is 16.0. The largest absolute Gasteiger partial charge is 0.372 e. The molecule has 1 N–H and O–H groups in total. The van der Waals surface area contributed by atoms with Crippen LogP contribution in [0.4, 0.5) is 5.69 Å². The van der Waals surface area contributed by atoms with Crippen LogP contribution in [0.5, 0.6) is 0 Å². The number of hydrogen-bond acceptors (Lipinski definition) is 5. The molecule has 0 saturated heterocycles. The van der Waals surface area contributed by atoms with Crippen LogP contribution in [-0.4, -0.2) is 29.9 Å². The minimum atomic E-state index is -0.304. The first-order valence-corrected chi connectivity index (χ1v) is 9.31. The Kier molecular flexibility index (Phi) is 6.19. The maximum absolute atomic E-state index is 12.6. The predicted molar refractivity (Wildman–Crippen MR) is 110 cm³/mol. The van der Waals surface area contributed by atoms with Crippen LogP contribution in [0.2, 0.25) is 0 Å². The van der Waals surface area contributed by atoms with E-state index >= 15 is 0 Å². The van der Waals surface area contributed by atoms with Gasteiger partial charge in [0.2, 0.25) is 0 Å². The number of ketones is 2. The standard InChI is InChI=1S/C23H23NO4/c1-3-24(4-2)18-11-8-16(9-12-18)6-5-7-20-22(25)19-13-10-17(15-28-27)14-21(19)23(20)26/h5-14,27H,3-4,15H2,1-2H3/b6-5+,20-7+. The van der Waals surface area contributed by atoms with Crippen molar-refractivity contribution in [1.29, 1.82) is 0 Å². The molecule has 0 radical (unpaired) electrons. The Balaban J connectivity index is 1.77. The summed E-state index contributed by atoms with van der Waals surface area (Å²) >= 11 is 0. The molecule has 0 bridgehead atoms. The fourth-order valence-corrected chi connectivity index (χ4v) is 3.33. The Labute approximate surface area is 164 Å². The number of Topliss-reactive ketones (excluding diaryl/α,β-unsaturated/α-hetero) is 2. The molecule has 1 aliphatic carbocycles. The van der Waals surface area contributed by atoms with Gasteiger partial charge in [0, 0.05) is 29.9 Å². The van der Waals surface area contributed by atoms with Crippen LogP contribution in [0.1, 0.15) is 45.7 Å². The molecule has 0 spiro atoms. The van der Waals surface area contributed by atoms with Gasteiger partial charge in [0.15, 0.2) is 11.6 Å². The van der Waals surface area contributed by atoms with Gasteiger partial charge in [-0.15, -0.1) is 0 Å². The lowest BCUT2D eigenvalue weighted by Gasteiger charge is -2.20. The van der Waals surface area contributed by atoms with Gasteiger partial charge >= 0.3 is 0 Å². The van der Waals surface area contributed by atoms with Crippen molar-refractivity contribution >= 4 is 23.3 Å². The quantitative estimate of drug-likeness (QED) is 0.332. The highest BCUT2D eigenvalue weighted by atomic mass is 17.1. The van der Waals surface area contributed by atoms with E-state index in [0.29, 0.717) is 16.7 Å². The molecular weight excluding hydrogens is 354 g/mol. The highest BCUT2D eigenvalue weighted by Crippen LogP contribution is 2.27. The molecular formula is C23H23NO4. The smallest absolute Gasteiger partial charge is 0.197 e. The number of rotatable bonds is 7. The molecule has 3 rings (SSSR count). The molecule has 5 heteroatoms. The molecule has 2 aromatic rings. The number of anilines is 1. The second-order valence-corrected chi connectivity index (χ2v) is 6.51. The third-order valence-electron chi connectivity index (χ3n) is 4.87. The molecule has 144 valence electrons. The Bertz CT molecular complexity index is 938. The second-order valence-electron chi connectivity index (χ2n) is 6.51. The van der Waals surface area contributed by atoms with E-state index in [0.717, 1.165) is 18.7 Å². The molecule has 1 aliphatic rings. The van der Waals surface area contributed by atoms with Crippen molar-refractivity contribution in [2.45, 2.75) is 20.5 Å². The van der Waals surface area contributed by atoms with Crippen molar-refractivity contribution in [2.24, 2.45) is 0 Å². The van der Waals surface area contributed by atoms with Crippen LogP contribution in [0.25, 0.3) is 6.08 Å². The minimum Gasteiger partial charge on any atom is -0.372 e. The van der Waals surface area contributed by atoms with E-state index in [1.807, 2.05) is 18.2 Å². The summed E-state index contributed by atoms with van der Waals surface area (Å²) in [7, 11) is 0. The highest BCUT2D eigenvalue weighted by molar-refractivity contribution is 6.39. The van der Waals surface area contributed by atoms with Gasteiger partial charge < -0.3 is 4.90 Å². The second kappa shape index (κ2) is 8.78. The van der Waals surface area contributed by atoms with Crippen LogP contribution >= 0.6 is 0 Å². The van der Waals surface area contributed by atoms with Crippen LogP contribution in [-0.2, 0) is 11.5 Å². The summed E-state index contributed by atoms with van der Waals surface area (Å²) in [6.07, 6.45) is 5.15. The molecule has 0 atom stereocenters. The summed E-state index contributed by atoms with van der Waals surface area (Å²) in [5.41, 5.74) is 3.67. The number of benzene rings is 2. The van der Waals surface area contributed by atoms with Gasteiger partial charge in [-0.1, -0.05) is 30.4 Å². The Hall–Kier alpha value is -3.02. The summed E-state index contributed by atoms with van der Waals surface area (Å²) in [6.45, 7) is 6.12. The van der Waals surface area contributed by atoms with Crippen molar-refractivity contribution in [3.05, 3.63) is 82.4 Å². The van der Waals surface area contributed by atoms with E-state index in [-0.39, 0.29) is 23.7 Å². The van der Waals surface area contributed by atoms with Gasteiger partial charge in [-0.2, -0.15) is 0 Å². The third kappa shape index (κ3) is 3.96. The molecule has 0 heterocycles. The molecule has 0 amide bonds. The molecule has 0 unspecified atom stereocenters. The summed E-state index contributed by atoms with van der Waals surface area (Å²) in [5, 5.41) is 8.56. The van der Waals surface area contributed by atoms with Crippen LogP contribution in [0.3, 0.4) is 0 Å². The van der Waals surface area contributed by atoms with E-state index in [4.69, 9.17) is 5.26 Å². The van der Waals surface area contributed by atoms with E-state index in [2.05, 4.69) is 35.8 Å². The lowest BCUT2D eigenvalue weighted by molar-refractivity contribution is -0.253. The van der Waals surface area contributed by atoms with Crippen molar-refractivity contribution in [1.82, 2.24) is 0 Å². The van der Waals surface area contributed by atoms with Gasteiger partial charge in [-0.05, 0) is 55.3 Å². The monoisotopic (exact) mass is 377 g/mol. The molecule has 0 aromatic heterocycles. The highest BCUT2D eigenvalue weighted by Gasteiger charge is 2.32. The van der Waals surface area contributed by atoms with E-state index < -0.39 is 0 Å². The predicted octanol–water partition coefficient (Wildman–Crippen LogP) is 4.54. The van der Waals surface area contributed by atoms with Gasteiger partial charge in [-0.3, -0.25) is 14.8 Å². The molecule has 28 heavy (non-hydrogen) atoms. The topological polar surface area (TPSA) is 66.8 Å². The summed E-state index contributed by atoms with van der Waals surface area (Å²) in [6, 6.07) is 13.0. The van der Waals surface area contributed by atoms with E-state index in [1.165, 1.54) is 5.69 Å². The first-order chi connectivity index (χ1) is 13.6. The fourth-order valence-electron chi connectivity index (χ4n) is 3.33. The number of carbonyl (C=O) groups excluding carboxylic acids is 2. The number of allylic oxidation sites excluding steroid dienone is 3. The Morgan fingerprint density at radius 3 is 2.29 bits per heavy atom. The summed E-state index contributed by atoms with van der Waals surface area (Å²) < 4.78 is 0. The Morgan fingerprint density at radius 1 is 0.964 bits per heavy atom. The number of hydrogen-bond donors (Lipinski definition) is 1. The van der Waals surface area contributed by atoms with Gasteiger partial charge in [-0.25, -0.2) is 4.89 Å². The van der Waals surface area contributed by atoms with Crippen LogP contribution in [0, 0.1) is 0 Å². The average molecular weight is 377 g/mol. The third-order valence-corrected chi connectivity index (χ3v) is 4.87. The number of nitrogens with zero attached hydrogens (tertiary/aromatic N) is 1. The van der Waals surface area contributed by atoms with Crippen molar-refractivity contribution < 1.29 is 19.7 Å². The van der Waals surface area contributed by atoms with Crippen molar-refractivity contribution in [3.63, 3.8) is 0 Å². The van der Waals surface area contributed by atoms with E-state index in [1.54, 1.807) is 30.4 Å². The normalized spacial score (nSPS) is 14.9. The fraction of sp³-hybridized carbons (Fsp3) is 0.217. The molecule has 0 saturated carbocycles. The van der Waals surface area contributed by atoms with Gasteiger partial charge in [0.05, 0.1) is 5.57 Å².